The number of benzene rings is 2. The van der Waals surface area contributed by atoms with Gasteiger partial charge in [0, 0.05) is 12.0 Å². The van der Waals surface area contributed by atoms with Crippen LogP contribution in [-0.4, -0.2) is 11.6 Å². The summed E-state index contributed by atoms with van der Waals surface area (Å²) in [6.07, 6.45) is 4.39. The van der Waals surface area contributed by atoms with Gasteiger partial charge in [0.15, 0.2) is 0 Å². The number of fused-ring (bicyclic) bond motifs is 1. The second kappa shape index (κ2) is 6.75. The summed E-state index contributed by atoms with van der Waals surface area (Å²) in [5, 5.41) is 0. The fourth-order valence-electron chi connectivity index (χ4n) is 3.38. The fourth-order valence-corrected chi connectivity index (χ4v) is 3.38. The van der Waals surface area contributed by atoms with Gasteiger partial charge in [0.05, 0.1) is 12.3 Å². The summed E-state index contributed by atoms with van der Waals surface area (Å²) in [6.45, 7) is 4.65. The Morgan fingerprint density at radius 1 is 1.00 bits per heavy atom. The molecule has 0 fully saturated rings. The predicted molar refractivity (Wildman–Crippen MR) is 99.1 cm³/mol. The predicted octanol–water partition coefficient (Wildman–Crippen LogP) is 5.07. The monoisotopic (exact) mass is 333 g/mol. The highest BCUT2D eigenvalue weighted by Gasteiger charge is 2.13. The molecular formula is C22H23NO2. The van der Waals surface area contributed by atoms with Gasteiger partial charge in [-0.2, -0.15) is 0 Å². The van der Waals surface area contributed by atoms with Crippen molar-refractivity contribution in [1.82, 2.24) is 4.98 Å². The summed E-state index contributed by atoms with van der Waals surface area (Å²) in [4.78, 5) is 4.65. The van der Waals surface area contributed by atoms with Crippen LogP contribution in [0.4, 0.5) is 0 Å². The molecule has 2 aromatic carbocycles. The Morgan fingerprint density at radius 2 is 1.80 bits per heavy atom. The number of rotatable bonds is 5. The maximum atomic E-state index is 5.94. The van der Waals surface area contributed by atoms with Gasteiger partial charge in [-0.3, -0.25) is 0 Å². The van der Waals surface area contributed by atoms with E-state index in [1.165, 1.54) is 36.0 Å². The van der Waals surface area contributed by atoms with Crippen molar-refractivity contribution in [3.8, 4) is 17.2 Å². The first-order valence-electron chi connectivity index (χ1n) is 8.97. The third kappa shape index (κ3) is 3.46. The van der Waals surface area contributed by atoms with Crippen LogP contribution >= 0.6 is 0 Å². The Balaban J connectivity index is 1.40. The number of aromatic nitrogens is 1. The molecule has 128 valence electrons. The Hall–Kier alpha value is -2.55. The Morgan fingerprint density at radius 3 is 2.64 bits per heavy atom. The summed E-state index contributed by atoms with van der Waals surface area (Å²) >= 11 is 0. The van der Waals surface area contributed by atoms with Crippen molar-refractivity contribution in [2.45, 2.75) is 39.5 Å². The zero-order valence-electron chi connectivity index (χ0n) is 14.8. The maximum absolute atomic E-state index is 5.94. The minimum atomic E-state index is 0.611. The molecule has 0 bridgehead atoms. The first kappa shape index (κ1) is 15.9. The number of hydrogen-bond donors (Lipinski definition) is 0. The zero-order valence-corrected chi connectivity index (χ0v) is 14.8. The first-order chi connectivity index (χ1) is 12.2. The Labute approximate surface area is 148 Å². The lowest BCUT2D eigenvalue weighted by Crippen LogP contribution is -2.03. The highest BCUT2D eigenvalue weighted by Crippen LogP contribution is 2.26. The number of aryl methyl sites for hydroxylation is 4. The molecule has 1 aliphatic rings. The quantitative estimate of drug-likeness (QED) is 0.654. The zero-order chi connectivity index (χ0) is 17.2. The molecule has 0 unspecified atom stereocenters. The van der Waals surface area contributed by atoms with E-state index in [-0.39, 0.29) is 0 Å². The lowest BCUT2D eigenvalue weighted by Gasteiger charge is -2.07. The van der Waals surface area contributed by atoms with Gasteiger partial charge in [0.1, 0.15) is 11.5 Å². The van der Waals surface area contributed by atoms with Gasteiger partial charge in [-0.05, 0) is 68.5 Å². The van der Waals surface area contributed by atoms with Crippen molar-refractivity contribution >= 4 is 0 Å². The van der Waals surface area contributed by atoms with Gasteiger partial charge in [-0.1, -0.05) is 23.8 Å². The van der Waals surface area contributed by atoms with E-state index < -0.39 is 0 Å². The van der Waals surface area contributed by atoms with Crippen LogP contribution in [0.2, 0.25) is 0 Å². The van der Waals surface area contributed by atoms with Gasteiger partial charge in [-0.25, -0.2) is 4.98 Å². The standard InChI is InChI=1S/C22H23NO2/c1-15-6-8-18(9-7-15)22-23-21(16(2)25-22)12-13-24-20-11-10-17-4-3-5-19(17)14-20/h6-11,14H,3-5,12-13H2,1-2H3. The summed E-state index contributed by atoms with van der Waals surface area (Å²) in [7, 11) is 0. The first-order valence-corrected chi connectivity index (χ1v) is 8.97. The molecule has 0 spiro atoms. The van der Waals surface area contributed by atoms with Crippen LogP contribution < -0.4 is 4.74 Å². The van der Waals surface area contributed by atoms with Crippen molar-refractivity contribution < 1.29 is 9.15 Å². The molecule has 0 radical (unpaired) electrons. The van der Waals surface area contributed by atoms with E-state index in [1.807, 2.05) is 19.1 Å². The van der Waals surface area contributed by atoms with Crippen molar-refractivity contribution in [3.05, 3.63) is 70.6 Å². The number of ether oxygens (including phenoxy) is 1. The van der Waals surface area contributed by atoms with E-state index in [9.17, 15) is 0 Å². The minimum Gasteiger partial charge on any atom is -0.493 e. The van der Waals surface area contributed by atoms with E-state index in [2.05, 4.69) is 42.2 Å². The SMILES string of the molecule is Cc1ccc(-c2nc(CCOc3ccc4c(c3)CCC4)c(C)o2)cc1. The lowest BCUT2D eigenvalue weighted by molar-refractivity contribution is 0.319. The van der Waals surface area contributed by atoms with Crippen LogP contribution in [0.1, 0.15) is 34.6 Å². The molecule has 1 aliphatic carbocycles. The van der Waals surface area contributed by atoms with Crippen LogP contribution in [-0.2, 0) is 19.3 Å². The molecule has 0 amide bonds. The van der Waals surface area contributed by atoms with Gasteiger partial charge < -0.3 is 9.15 Å². The van der Waals surface area contributed by atoms with E-state index in [1.54, 1.807) is 0 Å². The largest absolute Gasteiger partial charge is 0.493 e. The van der Waals surface area contributed by atoms with Crippen LogP contribution in [0.5, 0.6) is 5.75 Å². The summed E-state index contributed by atoms with van der Waals surface area (Å²) in [5.41, 5.74) is 6.13. The molecule has 4 rings (SSSR count). The second-order valence-corrected chi connectivity index (χ2v) is 6.77. The van der Waals surface area contributed by atoms with Crippen molar-refractivity contribution in [3.63, 3.8) is 0 Å². The summed E-state index contributed by atoms with van der Waals surface area (Å²) in [6, 6.07) is 14.7. The van der Waals surface area contributed by atoms with Gasteiger partial charge in [0.25, 0.3) is 0 Å². The third-order valence-corrected chi connectivity index (χ3v) is 4.87. The molecule has 1 aromatic heterocycles. The molecule has 0 saturated carbocycles. The molecule has 25 heavy (non-hydrogen) atoms. The normalized spacial score (nSPS) is 13.0. The fraction of sp³-hybridized carbons (Fsp3) is 0.318. The highest BCUT2D eigenvalue weighted by atomic mass is 16.5. The van der Waals surface area contributed by atoms with E-state index in [0.717, 1.165) is 29.2 Å². The minimum absolute atomic E-state index is 0.611. The van der Waals surface area contributed by atoms with E-state index >= 15 is 0 Å². The average molecular weight is 333 g/mol. The Kier molecular flexibility index (Phi) is 4.31. The average Bonchev–Trinajstić information content (AvgIpc) is 3.22. The smallest absolute Gasteiger partial charge is 0.226 e. The van der Waals surface area contributed by atoms with Gasteiger partial charge >= 0.3 is 0 Å². The van der Waals surface area contributed by atoms with Gasteiger partial charge in [-0.15, -0.1) is 0 Å². The number of oxazole rings is 1. The number of nitrogens with zero attached hydrogens (tertiary/aromatic N) is 1. The molecule has 3 aromatic rings. The van der Waals surface area contributed by atoms with Crippen molar-refractivity contribution in [2.24, 2.45) is 0 Å². The van der Waals surface area contributed by atoms with Crippen LogP contribution in [0.3, 0.4) is 0 Å². The maximum Gasteiger partial charge on any atom is 0.226 e. The molecular weight excluding hydrogens is 310 g/mol. The number of hydrogen-bond acceptors (Lipinski definition) is 3. The van der Waals surface area contributed by atoms with Crippen molar-refractivity contribution in [1.29, 1.82) is 0 Å². The third-order valence-electron chi connectivity index (χ3n) is 4.87. The molecule has 3 heteroatoms. The molecule has 0 N–H and O–H groups in total. The second-order valence-electron chi connectivity index (χ2n) is 6.77. The van der Waals surface area contributed by atoms with Crippen LogP contribution in [0.15, 0.2) is 46.9 Å². The van der Waals surface area contributed by atoms with Gasteiger partial charge in [0.2, 0.25) is 5.89 Å². The van der Waals surface area contributed by atoms with Crippen molar-refractivity contribution in [2.75, 3.05) is 6.61 Å². The van der Waals surface area contributed by atoms with Crippen LogP contribution in [0.25, 0.3) is 11.5 Å². The van der Waals surface area contributed by atoms with E-state index in [0.29, 0.717) is 12.5 Å². The lowest BCUT2D eigenvalue weighted by atomic mass is 10.1. The molecule has 0 saturated heterocycles. The molecule has 0 atom stereocenters. The Bertz CT molecular complexity index is 878. The summed E-state index contributed by atoms with van der Waals surface area (Å²) < 4.78 is 11.8. The van der Waals surface area contributed by atoms with Crippen LogP contribution in [0, 0.1) is 13.8 Å². The molecule has 3 nitrogen and oxygen atoms in total. The summed E-state index contributed by atoms with van der Waals surface area (Å²) in [5.74, 6) is 2.51. The van der Waals surface area contributed by atoms with E-state index in [4.69, 9.17) is 9.15 Å². The highest BCUT2D eigenvalue weighted by molar-refractivity contribution is 5.54. The molecule has 1 heterocycles. The molecule has 0 aliphatic heterocycles. The topological polar surface area (TPSA) is 35.3 Å².